The minimum Gasteiger partial charge on any atom is -0.349 e. The molecule has 0 aromatic carbocycles. The molecular formula is C16H18N6O. The molecule has 0 aliphatic heterocycles. The van der Waals surface area contributed by atoms with E-state index >= 15 is 0 Å². The minimum atomic E-state index is -0.116. The average Bonchev–Trinajstić information content (AvgIpc) is 3.25. The van der Waals surface area contributed by atoms with Crippen LogP contribution in [0.5, 0.6) is 0 Å². The lowest BCUT2D eigenvalue weighted by molar-refractivity contribution is 0.0928. The summed E-state index contributed by atoms with van der Waals surface area (Å²) in [6.45, 7) is 0. The van der Waals surface area contributed by atoms with Crippen LogP contribution in [0.15, 0.2) is 30.6 Å². The summed E-state index contributed by atoms with van der Waals surface area (Å²) in [6.07, 6.45) is 6.44. The predicted octanol–water partition coefficient (Wildman–Crippen LogP) is 1.43. The molecule has 1 aliphatic carbocycles. The third-order valence-corrected chi connectivity index (χ3v) is 4.38. The van der Waals surface area contributed by atoms with Crippen LogP contribution in [0.3, 0.4) is 0 Å². The lowest BCUT2D eigenvalue weighted by atomic mass is 9.93. The van der Waals surface area contributed by atoms with Crippen LogP contribution < -0.4 is 5.32 Å². The monoisotopic (exact) mass is 310 g/mol. The van der Waals surface area contributed by atoms with E-state index in [1.165, 1.54) is 11.3 Å². The Morgan fingerprint density at radius 3 is 3.17 bits per heavy atom. The van der Waals surface area contributed by atoms with E-state index in [-0.39, 0.29) is 11.9 Å². The summed E-state index contributed by atoms with van der Waals surface area (Å²) >= 11 is 0. The molecule has 0 bridgehead atoms. The van der Waals surface area contributed by atoms with Gasteiger partial charge in [-0.05, 0) is 43.0 Å². The Labute approximate surface area is 133 Å². The number of carbonyl (C=O) groups excluding carboxylic acids is 1. The number of fused-ring (bicyclic) bond motifs is 1. The molecule has 0 radical (unpaired) electrons. The van der Waals surface area contributed by atoms with Gasteiger partial charge in [-0.15, -0.1) is 0 Å². The Morgan fingerprint density at radius 1 is 1.43 bits per heavy atom. The highest BCUT2D eigenvalue weighted by Gasteiger charge is 2.22. The number of rotatable bonds is 3. The van der Waals surface area contributed by atoms with Gasteiger partial charge in [-0.3, -0.25) is 15.0 Å². The Bertz CT molecular complexity index is 842. The van der Waals surface area contributed by atoms with Crippen molar-refractivity contribution in [2.24, 2.45) is 7.05 Å². The molecule has 0 fully saturated rings. The fraction of sp³-hybridized carbons (Fsp3) is 0.312. The quantitative estimate of drug-likeness (QED) is 0.683. The summed E-state index contributed by atoms with van der Waals surface area (Å²) in [7, 11) is 1.95. The zero-order chi connectivity index (χ0) is 15.8. The molecule has 0 unspecified atom stereocenters. The van der Waals surface area contributed by atoms with E-state index in [1.807, 2.05) is 36.1 Å². The van der Waals surface area contributed by atoms with Crippen LogP contribution in [0.1, 0.15) is 28.2 Å². The number of aromatic nitrogens is 5. The van der Waals surface area contributed by atoms with Crippen molar-refractivity contribution < 1.29 is 4.79 Å². The number of aryl methyl sites for hydroxylation is 2. The van der Waals surface area contributed by atoms with E-state index in [9.17, 15) is 4.79 Å². The summed E-state index contributed by atoms with van der Waals surface area (Å²) < 4.78 is 1.97. The number of carbonyl (C=O) groups is 1. The van der Waals surface area contributed by atoms with Gasteiger partial charge in [0.1, 0.15) is 11.4 Å². The molecule has 1 atom stereocenters. The fourth-order valence-electron chi connectivity index (χ4n) is 3.10. The third-order valence-electron chi connectivity index (χ3n) is 4.38. The van der Waals surface area contributed by atoms with Crippen molar-refractivity contribution in [1.82, 2.24) is 30.3 Å². The maximum Gasteiger partial charge on any atom is 0.269 e. The molecule has 1 aliphatic rings. The van der Waals surface area contributed by atoms with Crippen molar-refractivity contribution in [3.63, 3.8) is 0 Å². The first-order chi connectivity index (χ1) is 11.2. The molecule has 23 heavy (non-hydrogen) atoms. The Kier molecular flexibility index (Phi) is 3.25. The summed E-state index contributed by atoms with van der Waals surface area (Å²) in [5.41, 5.74) is 4.60. The topological polar surface area (TPSA) is 91.4 Å². The second-order valence-corrected chi connectivity index (χ2v) is 5.96. The first kappa shape index (κ1) is 13.8. The molecule has 118 valence electrons. The second kappa shape index (κ2) is 5.42. The summed E-state index contributed by atoms with van der Waals surface area (Å²) in [5.74, 6) is -0.116. The van der Waals surface area contributed by atoms with E-state index < -0.39 is 0 Å². The van der Waals surface area contributed by atoms with Crippen LogP contribution in [0.4, 0.5) is 0 Å². The largest absolute Gasteiger partial charge is 0.349 e. The lowest BCUT2D eigenvalue weighted by Gasteiger charge is -2.22. The van der Waals surface area contributed by atoms with E-state index in [0.717, 1.165) is 30.7 Å². The van der Waals surface area contributed by atoms with Crippen molar-refractivity contribution in [3.05, 3.63) is 47.5 Å². The molecule has 3 aromatic heterocycles. The maximum absolute atomic E-state index is 12.4. The van der Waals surface area contributed by atoms with Crippen LogP contribution in [-0.4, -0.2) is 36.9 Å². The van der Waals surface area contributed by atoms with Crippen molar-refractivity contribution in [2.75, 3.05) is 0 Å². The van der Waals surface area contributed by atoms with Crippen LogP contribution >= 0.6 is 0 Å². The number of H-pyrrole nitrogens is 2. The van der Waals surface area contributed by atoms with Crippen LogP contribution in [-0.2, 0) is 19.9 Å². The van der Waals surface area contributed by atoms with Gasteiger partial charge in [0.05, 0.1) is 11.9 Å². The lowest BCUT2D eigenvalue weighted by Crippen LogP contribution is -2.38. The van der Waals surface area contributed by atoms with E-state index in [0.29, 0.717) is 5.69 Å². The van der Waals surface area contributed by atoms with Gasteiger partial charge in [-0.1, -0.05) is 0 Å². The Hall–Kier alpha value is -2.83. The molecule has 3 N–H and O–H groups in total. The maximum atomic E-state index is 12.4. The van der Waals surface area contributed by atoms with Gasteiger partial charge in [0.25, 0.3) is 5.91 Å². The van der Waals surface area contributed by atoms with Gasteiger partial charge in [0, 0.05) is 25.0 Å². The van der Waals surface area contributed by atoms with Gasteiger partial charge in [0.2, 0.25) is 0 Å². The number of nitrogens with zero attached hydrogens (tertiary/aromatic N) is 3. The van der Waals surface area contributed by atoms with Gasteiger partial charge < -0.3 is 9.88 Å². The van der Waals surface area contributed by atoms with Crippen LogP contribution in [0.2, 0.25) is 0 Å². The van der Waals surface area contributed by atoms with Crippen LogP contribution in [0, 0.1) is 0 Å². The highest BCUT2D eigenvalue weighted by atomic mass is 16.2. The number of aromatic amines is 2. The second-order valence-electron chi connectivity index (χ2n) is 5.96. The number of nitrogens with one attached hydrogen (secondary N) is 3. The average molecular weight is 310 g/mol. The van der Waals surface area contributed by atoms with Crippen molar-refractivity contribution in [1.29, 1.82) is 0 Å². The van der Waals surface area contributed by atoms with E-state index in [1.54, 1.807) is 6.07 Å². The van der Waals surface area contributed by atoms with E-state index in [4.69, 9.17) is 0 Å². The molecule has 0 saturated heterocycles. The van der Waals surface area contributed by atoms with Gasteiger partial charge in [-0.25, -0.2) is 0 Å². The molecule has 7 heteroatoms. The smallest absolute Gasteiger partial charge is 0.269 e. The molecule has 1 amide bonds. The first-order valence-electron chi connectivity index (χ1n) is 7.70. The fourth-order valence-corrected chi connectivity index (χ4v) is 3.10. The minimum absolute atomic E-state index is 0.116. The molecule has 7 nitrogen and oxygen atoms in total. The van der Waals surface area contributed by atoms with Gasteiger partial charge in [-0.2, -0.15) is 10.2 Å². The molecule has 3 aromatic rings. The summed E-state index contributed by atoms with van der Waals surface area (Å²) in [5, 5.41) is 17.2. The number of hydrogen-bond donors (Lipinski definition) is 3. The molecule has 4 rings (SSSR count). The zero-order valence-electron chi connectivity index (χ0n) is 12.8. The zero-order valence-corrected chi connectivity index (χ0v) is 12.8. The van der Waals surface area contributed by atoms with Crippen molar-refractivity contribution >= 4 is 5.91 Å². The molecule has 3 heterocycles. The third kappa shape index (κ3) is 2.54. The Balaban J connectivity index is 1.46. The summed E-state index contributed by atoms with van der Waals surface area (Å²) in [6, 6.07) is 5.85. The Morgan fingerprint density at radius 2 is 2.35 bits per heavy atom. The first-order valence-corrected chi connectivity index (χ1v) is 7.70. The SMILES string of the molecule is Cn1cccc1-c1cc(C(=O)N[C@H]2CCc3[nH]ncc3C2)[nH]n1. The summed E-state index contributed by atoms with van der Waals surface area (Å²) in [4.78, 5) is 12.4. The highest BCUT2D eigenvalue weighted by molar-refractivity contribution is 5.93. The van der Waals surface area contributed by atoms with Crippen molar-refractivity contribution in [3.8, 4) is 11.4 Å². The van der Waals surface area contributed by atoms with Crippen LogP contribution in [0.25, 0.3) is 11.4 Å². The van der Waals surface area contributed by atoms with Gasteiger partial charge in [0.15, 0.2) is 0 Å². The standard InChI is InChI=1S/C16H18N6O/c1-22-6-2-3-15(22)13-8-14(21-20-13)16(23)18-11-4-5-12-10(7-11)9-17-19-12/h2-3,6,8-9,11H,4-5,7H2,1H3,(H,17,19)(H,18,23)(H,20,21)/t11-/m0/s1. The predicted molar refractivity (Wildman–Crippen MR) is 84.9 cm³/mol. The van der Waals surface area contributed by atoms with E-state index in [2.05, 4.69) is 25.7 Å². The number of amides is 1. The molecule has 0 spiro atoms. The van der Waals surface area contributed by atoms with Crippen molar-refractivity contribution in [2.45, 2.75) is 25.3 Å². The normalized spacial score (nSPS) is 17.0. The molecule has 0 saturated carbocycles. The molecular weight excluding hydrogens is 292 g/mol. The number of hydrogen-bond acceptors (Lipinski definition) is 3. The van der Waals surface area contributed by atoms with Gasteiger partial charge >= 0.3 is 0 Å². The highest BCUT2D eigenvalue weighted by Crippen LogP contribution is 2.20.